The number of carbonyl (C=O) groups excluding carboxylic acids is 1. The fraction of sp³-hybridized carbons (Fsp3) is 0.632. The highest BCUT2D eigenvalue weighted by Gasteiger charge is 2.36. The summed E-state index contributed by atoms with van der Waals surface area (Å²) in [5, 5.41) is 2.57. The number of rotatable bonds is 6. The first-order valence-corrected chi connectivity index (χ1v) is 11.3. The topological polar surface area (TPSA) is 82.2 Å². The number of nitrogens with one attached hydrogen (secondary N) is 1. The fourth-order valence-corrected chi connectivity index (χ4v) is 5.45. The van der Waals surface area contributed by atoms with Gasteiger partial charge in [-0.05, 0) is 26.0 Å². The van der Waals surface area contributed by atoms with E-state index in [4.69, 9.17) is 4.74 Å². The molecule has 1 aromatic rings. The second kappa shape index (κ2) is 9.48. The fourth-order valence-electron chi connectivity index (χ4n) is 3.70. The lowest BCUT2D eigenvalue weighted by atomic mass is 10.2. The predicted molar refractivity (Wildman–Crippen MR) is 108 cm³/mol. The van der Waals surface area contributed by atoms with Crippen molar-refractivity contribution in [3.63, 3.8) is 0 Å². The Hall–Kier alpha value is -1.59. The van der Waals surface area contributed by atoms with Crippen molar-refractivity contribution in [3.05, 3.63) is 30.1 Å². The number of carbonyl (C=O) groups is 1. The first-order valence-electron chi connectivity index (χ1n) is 9.93. The maximum Gasteiger partial charge on any atom is 0.282 e. The summed E-state index contributed by atoms with van der Waals surface area (Å²) in [7, 11) is -3.51. The van der Waals surface area contributed by atoms with Gasteiger partial charge >= 0.3 is 0 Å². The summed E-state index contributed by atoms with van der Waals surface area (Å²) in [6.45, 7) is 6.87. The molecule has 0 spiro atoms. The van der Waals surface area contributed by atoms with E-state index in [1.54, 1.807) is 12.1 Å². The molecule has 2 aliphatic rings. The molecule has 0 bridgehead atoms. The van der Waals surface area contributed by atoms with Gasteiger partial charge in [-0.1, -0.05) is 12.1 Å². The molecule has 2 atom stereocenters. The summed E-state index contributed by atoms with van der Waals surface area (Å²) in [5.41, 5.74) is 0.169. The second-order valence-corrected chi connectivity index (χ2v) is 9.53. The highest BCUT2D eigenvalue weighted by molar-refractivity contribution is 7.86. The number of morpholine rings is 1. The van der Waals surface area contributed by atoms with E-state index < -0.39 is 16.0 Å². The zero-order valence-electron chi connectivity index (χ0n) is 16.9. The Morgan fingerprint density at radius 2 is 1.72 bits per heavy atom. The van der Waals surface area contributed by atoms with Crippen LogP contribution >= 0.6 is 0 Å². The molecule has 0 unspecified atom stereocenters. The third-order valence-corrected chi connectivity index (χ3v) is 7.14. The molecule has 0 radical (unpaired) electrons. The maximum absolute atomic E-state index is 13.6. The average Bonchev–Trinajstić information content (AvgIpc) is 2.68. The van der Waals surface area contributed by atoms with Crippen LogP contribution in [-0.2, 0) is 19.7 Å². The highest BCUT2D eigenvalue weighted by Crippen LogP contribution is 2.19. The van der Waals surface area contributed by atoms with E-state index >= 15 is 0 Å². The van der Waals surface area contributed by atoms with Gasteiger partial charge in [0.1, 0.15) is 5.82 Å². The van der Waals surface area contributed by atoms with Gasteiger partial charge in [0.05, 0.1) is 17.9 Å². The van der Waals surface area contributed by atoms with Crippen molar-refractivity contribution in [1.29, 1.82) is 0 Å². The minimum atomic E-state index is -3.51. The quantitative estimate of drug-likeness (QED) is 0.735. The van der Waals surface area contributed by atoms with Crippen molar-refractivity contribution in [2.45, 2.75) is 32.5 Å². The summed E-state index contributed by atoms with van der Waals surface area (Å²) in [6.07, 6.45) is -0.0231. The Labute approximate surface area is 171 Å². The van der Waals surface area contributed by atoms with Crippen LogP contribution in [0.3, 0.4) is 0 Å². The number of ether oxygens (including phenoxy) is 1. The van der Waals surface area contributed by atoms with Crippen molar-refractivity contribution >= 4 is 21.8 Å². The van der Waals surface area contributed by atoms with Crippen LogP contribution in [0.1, 0.15) is 20.3 Å². The van der Waals surface area contributed by atoms with E-state index in [-0.39, 0.29) is 30.2 Å². The zero-order chi connectivity index (χ0) is 21.0. The van der Waals surface area contributed by atoms with Crippen molar-refractivity contribution in [2.75, 3.05) is 51.1 Å². The number of hydrogen-bond acceptors (Lipinski definition) is 5. The van der Waals surface area contributed by atoms with Crippen LogP contribution in [0.2, 0.25) is 0 Å². The Kier molecular flexibility index (Phi) is 7.23. The molecule has 2 saturated heterocycles. The van der Waals surface area contributed by atoms with Crippen LogP contribution in [0.4, 0.5) is 10.1 Å². The number of amides is 1. The lowest BCUT2D eigenvalue weighted by molar-refractivity contribution is -0.116. The van der Waals surface area contributed by atoms with Crippen LogP contribution in [0.15, 0.2) is 24.3 Å². The van der Waals surface area contributed by atoms with Crippen LogP contribution in [0, 0.1) is 5.82 Å². The van der Waals surface area contributed by atoms with Crippen LogP contribution in [0.25, 0.3) is 0 Å². The SMILES string of the molecule is C[C@@H]1CN(S(=O)(=O)N2CCN(CCC(=O)Nc3ccccc3F)CC2)C[C@H](C)O1. The van der Waals surface area contributed by atoms with Crippen LogP contribution in [0.5, 0.6) is 0 Å². The molecule has 0 aliphatic carbocycles. The van der Waals surface area contributed by atoms with Crippen molar-refractivity contribution < 1.29 is 22.3 Å². The molecule has 162 valence electrons. The van der Waals surface area contributed by atoms with Crippen molar-refractivity contribution in [2.24, 2.45) is 0 Å². The van der Waals surface area contributed by atoms with Gasteiger partial charge < -0.3 is 15.0 Å². The van der Waals surface area contributed by atoms with Crippen molar-refractivity contribution in [3.8, 4) is 0 Å². The van der Waals surface area contributed by atoms with Gasteiger partial charge in [-0.3, -0.25) is 4.79 Å². The van der Waals surface area contributed by atoms with Gasteiger partial charge in [-0.2, -0.15) is 17.0 Å². The van der Waals surface area contributed by atoms with Gasteiger partial charge in [0.15, 0.2) is 0 Å². The van der Waals surface area contributed by atoms with Crippen LogP contribution < -0.4 is 5.32 Å². The molecule has 10 heteroatoms. The predicted octanol–water partition coefficient (Wildman–Crippen LogP) is 1.13. The summed E-state index contributed by atoms with van der Waals surface area (Å²) < 4.78 is 48.1. The molecule has 2 fully saturated rings. The molecule has 29 heavy (non-hydrogen) atoms. The summed E-state index contributed by atoms with van der Waals surface area (Å²) in [5.74, 6) is -0.729. The summed E-state index contributed by atoms with van der Waals surface area (Å²) in [6, 6.07) is 6.04. The Morgan fingerprint density at radius 1 is 1.10 bits per heavy atom. The van der Waals surface area contributed by atoms with E-state index in [1.807, 2.05) is 13.8 Å². The number of hydrogen-bond donors (Lipinski definition) is 1. The minimum Gasteiger partial charge on any atom is -0.373 e. The third-order valence-electron chi connectivity index (χ3n) is 5.17. The van der Waals surface area contributed by atoms with Gasteiger partial charge in [0.2, 0.25) is 5.91 Å². The molecule has 0 saturated carbocycles. The third kappa shape index (κ3) is 5.73. The average molecular weight is 429 g/mol. The lowest BCUT2D eigenvalue weighted by Gasteiger charge is -2.40. The molecule has 1 N–H and O–H groups in total. The standard InChI is InChI=1S/C19H29FN4O4S/c1-15-13-24(14-16(2)28-15)29(26,27)23-11-9-22(10-12-23)8-7-19(25)21-18-6-4-3-5-17(18)20/h3-6,15-16H,7-14H2,1-2H3,(H,21,25)/t15-,16+. The summed E-state index contributed by atoms with van der Waals surface area (Å²) >= 11 is 0. The molecule has 1 aromatic carbocycles. The van der Waals surface area contributed by atoms with Crippen molar-refractivity contribution in [1.82, 2.24) is 13.5 Å². The van der Waals surface area contributed by atoms with E-state index in [2.05, 4.69) is 10.2 Å². The monoisotopic (exact) mass is 428 g/mol. The first-order chi connectivity index (χ1) is 13.8. The Balaban J connectivity index is 1.45. The summed E-state index contributed by atoms with van der Waals surface area (Å²) in [4.78, 5) is 14.1. The van der Waals surface area contributed by atoms with E-state index in [9.17, 15) is 17.6 Å². The molecule has 3 rings (SSSR count). The molecule has 0 aromatic heterocycles. The van der Waals surface area contributed by atoms with E-state index in [0.29, 0.717) is 45.8 Å². The molecular formula is C19H29FN4O4S. The molecular weight excluding hydrogens is 399 g/mol. The molecule has 2 heterocycles. The number of para-hydroxylation sites is 1. The molecule has 2 aliphatic heterocycles. The number of benzene rings is 1. The lowest BCUT2D eigenvalue weighted by Crippen LogP contribution is -2.57. The largest absolute Gasteiger partial charge is 0.373 e. The number of piperazine rings is 1. The minimum absolute atomic E-state index is 0.122. The normalized spacial score (nSPS) is 25.1. The van der Waals surface area contributed by atoms with Gasteiger partial charge in [-0.25, -0.2) is 4.39 Å². The van der Waals surface area contributed by atoms with E-state index in [1.165, 1.54) is 20.7 Å². The highest BCUT2D eigenvalue weighted by atomic mass is 32.2. The molecule has 1 amide bonds. The van der Waals surface area contributed by atoms with Crippen LogP contribution in [-0.4, -0.2) is 85.9 Å². The Bertz CT molecular complexity index is 804. The Morgan fingerprint density at radius 3 is 2.34 bits per heavy atom. The van der Waals surface area contributed by atoms with E-state index in [0.717, 1.165) is 0 Å². The van der Waals surface area contributed by atoms with Gasteiger partial charge in [-0.15, -0.1) is 0 Å². The first kappa shape index (κ1) is 22.1. The second-order valence-electron chi connectivity index (χ2n) is 7.60. The zero-order valence-corrected chi connectivity index (χ0v) is 17.7. The number of anilines is 1. The maximum atomic E-state index is 13.6. The number of nitrogens with zero attached hydrogens (tertiary/aromatic N) is 3. The number of halogens is 1. The smallest absolute Gasteiger partial charge is 0.282 e. The molecule has 8 nitrogen and oxygen atoms in total. The van der Waals surface area contributed by atoms with Gasteiger partial charge in [0.25, 0.3) is 10.2 Å². The van der Waals surface area contributed by atoms with Gasteiger partial charge in [0, 0.05) is 52.2 Å².